The van der Waals surface area contributed by atoms with Gasteiger partial charge in [0.25, 0.3) is 0 Å². The molecule has 0 aromatic rings. The maximum atomic E-state index is 4.47. The molecule has 1 N–H and O–H groups in total. The lowest BCUT2D eigenvalue weighted by molar-refractivity contribution is 0.318. The van der Waals surface area contributed by atoms with Gasteiger partial charge < -0.3 is 10.2 Å². The molecule has 1 aliphatic carbocycles. The maximum Gasteiger partial charge on any atom is 0.0271 e. The normalized spacial score (nSPS) is 31.7. The van der Waals surface area contributed by atoms with Crippen LogP contribution in [0.2, 0.25) is 0 Å². The minimum Gasteiger partial charge on any atom is -0.387 e. The molecular formula is C21H38N2. The Morgan fingerprint density at radius 1 is 1.17 bits per heavy atom. The third-order valence-corrected chi connectivity index (χ3v) is 6.26. The molecule has 4 atom stereocenters. The molecule has 2 nitrogen and oxygen atoms in total. The van der Waals surface area contributed by atoms with E-state index in [4.69, 9.17) is 0 Å². The lowest BCUT2D eigenvalue weighted by Gasteiger charge is -2.32. The van der Waals surface area contributed by atoms with E-state index in [-0.39, 0.29) is 0 Å². The zero-order chi connectivity index (χ0) is 17.0. The molecule has 0 aromatic carbocycles. The molecular weight excluding hydrogens is 280 g/mol. The van der Waals surface area contributed by atoms with E-state index in [1.54, 1.807) is 0 Å². The minimum absolute atomic E-state index is 0.563. The van der Waals surface area contributed by atoms with E-state index in [0.29, 0.717) is 23.7 Å². The van der Waals surface area contributed by atoms with Crippen LogP contribution in [0, 0.1) is 29.6 Å². The fraction of sp³-hybridized carbons (Fsp3) is 0.810. The number of nitrogens with one attached hydrogen (secondary N) is 1. The summed E-state index contributed by atoms with van der Waals surface area (Å²) in [5.41, 5.74) is 2.70. The highest BCUT2D eigenvalue weighted by atomic mass is 15.1. The third-order valence-electron chi connectivity index (χ3n) is 6.26. The number of hydrogen-bond acceptors (Lipinski definition) is 2. The van der Waals surface area contributed by atoms with Crippen LogP contribution in [0.5, 0.6) is 0 Å². The summed E-state index contributed by atoms with van der Waals surface area (Å²) in [4.78, 5) is 2.57. The molecule has 0 aromatic heterocycles. The molecule has 2 rings (SSSR count). The fourth-order valence-electron chi connectivity index (χ4n) is 4.82. The first kappa shape index (κ1) is 18.6. The molecule has 0 amide bonds. The van der Waals surface area contributed by atoms with Gasteiger partial charge in [-0.25, -0.2) is 0 Å². The van der Waals surface area contributed by atoms with E-state index in [0.717, 1.165) is 19.0 Å². The monoisotopic (exact) mass is 318 g/mol. The van der Waals surface area contributed by atoms with Crippen LogP contribution in [0.15, 0.2) is 24.4 Å². The van der Waals surface area contributed by atoms with Gasteiger partial charge in [-0.3, -0.25) is 0 Å². The van der Waals surface area contributed by atoms with E-state index in [9.17, 15) is 0 Å². The van der Waals surface area contributed by atoms with E-state index in [1.807, 2.05) is 0 Å². The molecule has 0 radical (unpaired) electrons. The third kappa shape index (κ3) is 4.41. The molecule has 132 valence electrons. The molecule has 0 spiro atoms. The van der Waals surface area contributed by atoms with Gasteiger partial charge in [0.05, 0.1) is 0 Å². The summed E-state index contributed by atoms with van der Waals surface area (Å²) in [7, 11) is 0. The topological polar surface area (TPSA) is 15.3 Å². The Hall–Kier alpha value is -0.760. The van der Waals surface area contributed by atoms with Crippen molar-refractivity contribution < 1.29 is 0 Å². The van der Waals surface area contributed by atoms with Gasteiger partial charge in [-0.2, -0.15) is 0 Å². The quantitative estimate of drug-likeness (QED) is 0.653. The second-order valence-corrected chi connectivity index (χ2v) is 8.16. The van der Waals surface area contributed by atoms with Crippen molar-refractivity contribution in [2.45, 2.75) is 53.4 Å². The second-order valence-electron chi connectivity index (χ2n) is 8.16. The Balaban J connectivity index is 1.95. The van der Waals surface area contributed by atoms with Crippen molar-refractivity contribution in [1.29, 1.82) is 0 Å². The summed E-state index contributed by atoms with van der Waals surface area (Å²) in [6.45, 7) is 23.0. The van der Waals surface area contributed by atoms with Crippen LogP contribution in [-0.2, 0) is 0 Å². The van der Waals surface area contributed by atoms with Crippen molar-refractivity contribution in [3.05, 3.63) is 24.4 Å². The highest BCUT2D eigenvalue weighted by Crippen LogP contribution is 2.49. The standard InChI is InChI=1S/C21H38N2/c1-7-19-14-16(4)20(21(19)17(5)15(2)3)18(6)22-10-13-23-11-8-9-12-23/h15-16,19-22H,5-14H2,1-4H3. The summed E-state index contributed by atoms with van der Waals surface area (Å²) >= 11 is 0. The Labute approximate surface area is 144 Å². The van der Waals surface area contributed by atoms with Crippen molar-refractivity contribution in [1.82, 2.24) is 10.2 Å². The van der Waals surface area contributed by atoms with Crippen LogP contribution < -0.4 is 5.32 Å². The van der Waals surface area contributed by atoms with Gasteiger partial charge in [0.15, 0.2) is 0 Å². The van der Waals surface area contributed by atoms with Gasteiger partial charge in [0.2, 0.25) is 0 Å². The van der Waals surface area contributed by atoms with Gasteiger partial charge in [-0.05, 0) is 56.0 Å². The molecule has 0 bridgehead atoms. The van der Waals surface area contributed by atoms with Crippen molar-refractivity contribution in [3.8, 4) is 0 Å². The number of rotatable bonds is 8. The Morgan fingerprint density at radius 3 is 2.39 bits per heavy atom. The van der Waals surface area contributed by atoms with Gasteiger partial charge in [-0.1, -0.05) is 52.8 Å². The van der Waals surface area contributed by atoms with Crippen molar-refractivity contribution in [2.24, 2.45) is 29.6 Å². The first-order valence-corrected chi connectivity index (χ1v) is 9.79. The zero-order valence-corrected chi connectivity index (χ0v) is 15.9. The Kier molecular flexibility index (Phi) is 6.76. The number of nitrogens with zero attached hydrogens (tertiary/aromatic N) is 1. The molecule has 1 saturated carbocycles. The molecule has 1 heterocycles. The number of hydrogen-bond donors (Lipinski definition) is 1. The summed E-state index contributed by atoms with van der Waals surface area (Å²) in [5, 5.41) is 3.67. The van der Waals surface area contributed by atoms with E-state index >= 15 is 0 Å². The first-order valence-electron chi connectivity index (χ1n) is 9.79. The predicted octanol–water partition coefficient (Wildman–Crippen LogP) is 4.70. The molecule has 1 aliphatic heterocycles. The van der Waals surface area contributed by atoms with Crippen LogP contribution in [0.1, 0.15) is 53.4 Å². The highest BCUT2D eigenvalue weighted by molar-refractivity contribution is 5.18. The summed E-state index contributed by atoms with van der Waals surface area (Å²) in [6.07, 6.45) is 5.33. The van der Waals surface area contributed by atoms with Gasteiger partial charge in [0.1, 0.15) is 0 Å². The fourth-order valence-corrected chi connectivity index (χ4v) is 4.82. The number of likely N-dealkylation sites (tertiary alicyclic amines) is 1. The molecule has 23 heavy (non-hydrogen) atoms. The summed E-state index contributed by atoms with van der Waals surface area (Å²) < 4.78 is 0. The van der Waals surface area contributed by atoms with E-state index in [1.165, 1.54) is 50.0 Å². The molecule has 2 heteroatoms. The smallest absolute Gasteiger partial charge is 0.0271 e. The summed E-state index contributed by atoms with van der Waals surface area (Å²) in [5.74, 6) is 3.24. The van der Waals surface area contributed by atoms with Gasteiger partial charge in [-0.15, -0.1) is 0 Å². The molecule has 2 aliphatic rings. The average Bonchev–Trinajstić information content (AvgIpc) is 3.13. The lowest BCUT2D eigenvalue weighted by Crippen LogP contribution is -2.34. The minimum atomic E-state index is 0.563. The lowest BCUT2D eigenvalue weighted by atomic mass is 9.76. The SMILES string of the molecule is C=C(NCCN1CCCC1)C1C(C)CC(CC)C1C(=C)C(C)C. The molecule has 4 unspecified atom stereocenters. The molecule has 1 saturated heterocycles. The van der Waals surface area contributed by atoms with E-state index < -0.39 is 0 Å². The largest absolute Gasteiger partial charge is 0.387 e. The maximum absolute atomic E-state index is 4.47. The zero-order valence-electron chi connectivity index (χ0n) is 15.9. The van der Waals surface area contributed by atoms with Crippen LogP contribution >= 0.6 is 0 Å². The Bertz CT molecular complexity index is 406. The van der Waals surface area contributed by atoms with Crippen LogP contribution in [0.4, 0.5) is 0 Å². The van der Waals surface area contributed by atoms with Crippen molar-refractivity contribution in [2.75, 3.05) is 26.2 Å². The van der Waals surface area contributed by atoms with Crippen molar-refractivity contribution in [3.63, 3.8) is 0 Å². The first-order chi connectivity index (χ1) is 11.0. The Morgan fingerprint density at radius 2 is 1.83 bits per heavy atom. The highest BCUT2D eigenvalue weighted by Gasteiger charge is 2.43. The van der Waals surface area contributed by atoms with Crippen LogP contribution in [0.3, 0.4) is 0 Å². The summed E-state index contributed by atoms with van der Waals surface area (Å²) in [6, 6.07) is 0. The van der Waals surface area contributed by atoms with Crippen LogP contribution in [0.25, 0.3) is 0 Å². The van der Waals surface area contributed by atoms with E-state index in [2.05, 4.69) is 51.1 Å². The van der Waals surface area contributed by atoms with Crippen LogP contribution in [-0.4, -0.2) is 31.1 Å². The number of allylic oxidation sites excluding steroid dienone is 2. The second kappa shape index (κ2) is 8.37. The van der Waals surface area contributed by atoms with Crippen molar-refractivity contribution >= 4 is 0 Å². The van der Waals surface area contributed by atoms with Gasteiger partial charge in [0, 0.05) is 24.7 Å². The predicted molar refractivity (Wildman–Crippen MR) is 101 cm³/mol. The molecule has 2 fully saturated rings. The average molecular weight is 319 g/mol. The van der Waals surface area contributed by atoms with Gasteiger partial charge >= 0.3 is 0 Å².